The molecular weight excluding hydrogens is 484 g/mol. The minimum absolute atomic E-state index is 0.205. The highest BCUT2D eigenvalue weighted by Gasteiger charge is 2.32. The Morgan fingerprint density at radius 1 is 1.03 bits per heavy atom. The molecule has 1 aromatic carbocycles. The van der Waals surface area contributed by atoms with Crippen LogP contribution in [-0.4, -0.2) is 100.0 Å². The van der Waals surface area contributed by atoms with Crippen LogP contribution in [-0.2, 0) is 0 Å². The molecule has 0 spiro atoms. The summed E-state index contributed by atoms with van der Waals surface area (Å²) in [6.07, 6.45) is 5.55. The van der Waals surface area contributed by atoms with Crippen LogP contribution in [0.15, 0.2) is 48.9 Å². The third kappa shape index (κ3) is 5.76. The molecule has 2 aliphatic rings. The molecule has 9 nitrogen and oxygen atoms in total. The molecular formula is C27H36N8OS. The second-order valence-corrected chi connectivity index (χ2v) is 10.4. The third-order valence-electron chi connectivity index (χ3n) is 7.38. The fourth-order valence-corrected chi connectivity index (χ4v) is 5.57. The maximum Gasteiger partial charge on any atom is 0.173 e. The van der Waals surface area contributed by atoms with E-state index in [4.69, 9.17) is 17.2 Å². The standard InChI is InChI=1S/C27H36N8OS/c1-20(2)24-19-34(26-18-28-17-25(31-26)33-11-9-32(10-12-33)15-16-36)13-14-35(24)27(37)30-23-7-3-6-22-21(23)5-4-8-29-22/h3-8,17-18,20,24,36H,9-16,19H2,1-2H3,(H,30,37). The van der Waals surface area contributed by atoms with E-state index in [1.165, 1.54) is 0 Å². The lowest BCUT2D eigenvalue weighted by molar-refractivity contribution is 0.188. The number of aromatic nitrogens is 3. The summed E-state index contributed by atoms with van der Waals surface area (Å²) >= 11 is 5.93. The molecule has 2 N–H and O–H groups in total. The number of hydrogen-bond donors (Lipinski definition) is 2. The van der Waals surface area contributed by atoms with Gasteiger partial charge < -0.3 is 25.1 Å². The van der Waals surface area contributed by atoms with E-state index in [2.05, 4.69) is 60.9 Å². The Morgan fingerprint density at radius 2 is 1.78 bits per heavy atom. The molecule has 0 bridgehead atoms. The lowest BCUT2D eigenvalue weighted by Gasteiger charge is -2.45. The van der Waals surface area contributed by atoms with Crippen molar-refractivity contribution in [2.45, 2.75) is 19.9 Å². The molecule has 0 saturated carbocycles. The van der Waals surface area contributed by atoms with Crippen LogP contribution in [0.2, 0.25) is 0 Å². The fraction of sp³-hybridized carbons (Fsp3) is 0.481. The first-order valence-electron chi connectivity index (χ1n) is 13.1. The predicted octanol–water partition coefficient (Wildman–Crippen LogP) is 2.68. The van der Waals surface area contributed by atoms with Gasteiger partial charge in [-0.2, -0.15) is 0 Å². The molecule has 0 radical (unpaired) electrons. The maximum absolute atomic E-state index is 9.21. The molecule has 2 aliphatic heterocycles. The molecule has 0 aliphatic carbocycles. The number of pyridine rings is 1. The van der Waals surface area contributed by atoms with Gasteiger partial charge in [0.1, 0.15) is 11.6 Å². The van der Waals surface area contributed by atoms with Gasteiger partial charge in [0.25, 0.3) is 0 Å². The lowest BCUT2D eigenvalue weighted by atomic mass is 10.00. The monoisotopic (exact) mass is 520 g/mol. The predicted molar refractivity (Wildman–Crippen MR) is 153 cm³/mol. The normalized spacial score (nSPS) is 19.0. The average Bonchev–Trinajstić information content (AvgIpc) is 2.93. The first-order chi connectivity index (χ1) is 18.0. The zero-order valence-corrected chi connectivity index (χ0v) is 22.4. The van der Waals surface area contributed by atoms with Crippen molar-refractivity contribution in [2.24, 2.45) is 5.92 Å². The quantitative estimate of drug-likeness (QED) is 0.473. The van der Waals surface area contributed by atoms with Crippen LogP contribution in [0.1, 0.15) is 13.8 Å². The molecule has 2 saturated heterocycles. The molecule has 196 valence electrons. The lowest BCUT2D eigenvalue weighted by Crippen LogP contribution is -2.58. The van der Waals surface area contributed by atoms with E-state index in [0.717, 1.165) is 85.7 Å². The van der Waals surface area contributed by atoms with E-state index in [9.17, 15) is 5.11 Å². The van der Waals surface area contributed by atoms with Crippen LogP contribution in [0.4, 0.5) is 17.3 Å². The van der Waals surface area contributed by atoms with Crippen molar-refractivity contribution in [1.82, 2.24) is 24.8 Å². The van der Waals surface area contributed by atoms with E-state index in [0.29, 0.717) is 5.92 Å². The second-order valence-electron chi connectivity index (χ2n) is 10.0. The highest BCUT2D eigenvalue weighted by atomic mass is 32.1. The largest absolute Gasteiger partial charge is 0.395 e. The van der Waals surface area contributed by atoms with Gasteiger partial charge in [-0.1, -0.05) is 19.9 Å². The van der Waals surface area contributed by atoms with Crippen LogP contribution in [0, 0.1) is 5.92 Å². The van der Waals surface area contributed by atoms with E-state index < -0.39 is 0 Å². The summed E-state index contributed by atoms with van der Waals surface area (Å²) in [6.45, 7) is 11.5. The molecule has 2 fully saturated rings. The summed E-state index contributed by atoms with van der Waals surface area (Å²) in [6, 6.07) is 10.4. The Labute approximate surface area is 224 Å². The van der Waals surface area contributed by atoms with Crippen molar-refractivity contribution >= 4 is 45.6 Å². The summed E-state index contributed by atoms with van der Waals surface area (Å²) in [5, 5.41) is 14.5. The number of hydrogen-bond acceptors (Lipinski definition) is 8. The van der Waals surface area contributed by atoms with Gasteiger partial charge in [0, 0.05) is 69.6 Å². The summed E-state index contributed by atoms with van der Waals surface area (Å²) in [4.78, 5) is 23.2. The molecule has 4 heterocycles. The Morgan fingerprint density at radius 3 is 2.54 bits per heavy atom. The van der Waals surface area contributed by atoms with E-state index >= 15 is 0 Å². The van der Waals surface area contributed by atoms with Gasteiger partial charge in [0.2, 0.25) is 0 Å². The summed E-state index contributed by atoms with van der Waals surface area (Å²) in [5.74, 6) is 2.25. The number of nitrogens with zero attached hydrogens (tertiary/aromatic N) is 7. The van der Waals surface area contributed by atoms with Crippen molar-refractivity contribution in [1.29, 1.82) is 0 Å². The van der Waals surface area contributed by atoms with Gasteiger partial charge in [-0.3, -0.25) is 14.9 Å². The zero-order valence-electron chi connectivity index (χ0n) is 21.6. The smallest absolute Gasteiger partial charge is 0.173 e. The van der Waals surface area contributed by atoms with Crippen LogP contribution in [0.25, 0.3) is 10.9 Å². The topological polar surface area (TPSA) is 83.9 Å². The van der Waals surface area contributed by atoms with Crippen LogP contribution in [0.5, 0.6) is 0 Å². The van der Waals surface area contributed by atoms with E-state index in [-0.39, 0.29) is 12.6 Å². The fourth-order valence-electron chi connectivity index (χ4n) is 5.23. The number of thiocarbonyl (C=S) groups is 1. The van der Waals surface area contributed by atoms with Gasteiger partial charge in [-0.15, -0.1) is 0 Å². The van der Waals surface area contributed by atoms with E-state index in [1.54, 1.807) is 0 Å². The van der Waals surface area contributed by atoms with Gasteiger partial charge >= 0.3 is 0 Å². The molecule has 1 atom stereocenters. The molecule has 37 heavy (non-hydrogen) atoms. The number of fused-ring (bicyclic) bond motifs is 1. The summed E-state index contributed by atoms with van der Waals surface area (Å²) in [5.41, 5.74) is 1.94. The zero-order chi connectivity index (χ0) is 25.8. The highest BCUT2D eigenvalue weighted by Crippen LogP contribution is 2.26. The minimum atomic E-state index is 0.205. The molecule has 0 amide bonds. The Hall–Kier alpha value is -3.08. The van der Waals surface area contributed by atoms with E-state index in [1.807, 2.05) is 36.8 Å². The van der Waals surface area contributed by atoms with Crippen molar-refractivity contribution in [3.05, 3.63) is 48.9 Å². The first-order valence-corrected chi connectivity index (χ1v) is 13.5. The SMILES string of the molecule is CC(C)C1CN(c2cncc(N3CCN(CCO)CC3)n2)CCN1C(=S)Nc1cccc2ncccc12. The Bertz CT molecular complexity index is 1210. The average molecular weight is 521 g/mol. The van der Waals surface area contributed by atoms with Crippen LogP contribution >= 0.6 is 12.2 Å². The summed E-state index contributed by atoms with van der Waals surface area (Å²) in [7, 11) is 0. The van der Waals surface area contributed by atoms with Crippen molar-refractivity contribution in [3.8, 4) is 0 Å². The minimum Gasteiger partial charge on any atom is -0.395 e. The number of β-amino-alcohol motifs (C(OH)–C–C–N with tert-alkyl or cyclic N) is 1. The van der Waals surface area contributed by atoms with Gasteiger partial charge in [-0.25, -0.2) is 4.98 Å². The van der Waals surface area contributed by atoms with Crippen LogP contribution in [0.3, 0.4) is 0 Å². The van der Waals surface area contributed by atoms with Crippen molar-refractivity contribution < 1.29 is 5.11 Å². The molecule has 3 aromatic rings. The first kappa shape index (κ1) is 25.6. The number of aliphatic hydroxyl groups is 1. The van der Waals surface area contributed by atoms with Crippen molar-refractivity contribution in [2.75, 3.05) is 74.1 Å². The van der Waals surface area contributed by atoms with Gasteiger partial charge in [0.15, 0.2) is 5.11 Å². The summed E-state index contributed by atoms with van der Waals surface area (Å²) < 4.78 is 0. The number of anilines is 3. The highest BCUT2D eigenvalue weighted by molar-refractivity contribution is 7.80. The Kier molecular flexibility index (Phi) is 7.97. The maximum atomic E-state index is 9.21. The van der Waals surface area contributed by atoms with Gasteiger partial charge in [0.05, 0.1) is 30.6 Å². The number of benzene rings is 1. The second kappa shape index (κ2) is 11.5. The molecule has 5 rings (SSSR count). The third-order valence-corrected chi connectivity index (χ3v) is 7.72. The molecule has 10 heteroatoms. The molecule has 1 unspecified atom stereocenters. The Balaban J connectivity index is 1.27. The van der Waals surface area contributed by atoms with Crippen LogP contribution < -0.4 is 15.1 Å². The van der Waals surface area contributed by atoms with Gasteiger partial charge in [-0.05, 0) is 42.4 Å². The number of aliphatic hydroxyl groups excluding tert-OH is 1. The number of nitrogens with one attached hydrogen (secondary N) is 1. The number of rotatable bonds is 6. The van der Waals surface area contributed by atoms with Crippen molar-refractivity contribution in [3.63, 3.8) is 0 Å². The number of piperazine rings is 2. The molecule has 2 aromatic heterocycles.